The number of fused-ring (bicyclic) bond motifs is 1. The van der Waals surface area contributed by atoms with Crippen LogP contribution in [0.25, 0.3) is 0 Å². The van der Waals surface area contributed by atoms with Crippen LogP contribution in [0.1, 0.15) is 18.1 Å². The lowest BCUT2D eigenvalue weighted by Gasteiger charge is -2.32. The van der Waals surface area contributed by atoms with Gasteiger partial charge < -0.3 is 15.0 Å². The predicted molar refractivity (Wildman–Crippen MR) is 73.5 cm³/mol. The lowest BCUT2D eigenvalue weighted by Crippen LogP contribution is -2.57. The minimum absolute atomic E-state index is 0.0124. The van der Waals surface area contributed by atoms with Crippen molar-refractivity contribution in [1.29, 1.82) is 0 Å². The van der Waals surface area contributed by atoms with Crippen LogP contribution in [0.4, 0.5) is 0 Å². The summed E-state index contributed by atoms with van der Waals surface area (Å²) >= 11 is 0. The van der Waals surface area contributed by atoms with Crippen LogP contribution in [0.15, 0.2) is 18.2 Å². The van der Waals surface area contributed by atoms with Crippen molar-refractivity contribution < 1.29 is 14.3 Å². The van der Waals surface area contributed by atoms with Crippen molar-refractivity contribution in [2.24, 2.45) is 0 Å². The summed E-state index contributed by atoms with van der Waals surface area (Å²) in [6.45, 7) is 3.21. The van der Waals surface area contributed by atoms with Crippen LogP contribution in [0.2, 0.25) is 0 Å². The van der Waals surface area contributed by atoms with Crippen molar-refractivity contribution in [2.75, 3.05) is 19.7 Å². The molecule has 0 aliphatic carbocycles. The fourth-order valence-corrected chi connectivity index (χ4v) is 2.73. The van der Waals surface area contributed by atoms with Crippen molar-refractivity contribution in [3.8, 4) is 5.75 Å². The van der Waals surface area contributed by atoms with Crippen LogP contribution in [-0.4, -0.2) is 42.5 Å². The van der Waals surface area contributed by atoms with Crippen molar-refractivity contribution in [3.63, 3.8) is 0 Å². The van der Waals surface area contributed by atoms with Gasteiger partial charge in [-0.05, 0) is 30.5 Å². The van der Waals surface area contributed by atoms with Gasteiger partial charge >= 0.3 is 0 Å². The second kappa shape index (κ2) is 5.15. The minimum atomic E-state index is -0.381. The lowest BCUT2D eigenvalue weighted by atomic mass is 10.1. The molecule has 0 saturated carbocycles. The normalized spacial score (nSPS) is 21.4. The molecule has 1 aromatic carbocycles. The van der Waals surface area contributed by atoms with E-state index in [0.29, 0.717) is 6.54 Å². The van der Waals surface area contributed by atoms with Gasteiger partial charge in [-0.2, -0.15) is 0 Å². The molecule has 1 atom stereocenters. The number of carbonyl (C=O) groups is 2. The van der Waals surface area contributed by atoms with Crippen LogP contribution in [0, 0.1) is 0 Å². The van der Waals surface area contributed by atoms with Gasteiger partial charge in [-0.3, -0.25) is 9.59 Å². The molecule has 0 radical (unpaired) electrons. The molecule has 0 bridgehead atoms. The molecule has 0 aromatic heterocycles. The van der Waals surface area contributed by atoms with E-state index in [0.717, 1.165) is 25.2 Å². The molecule has 0 spiro atoms. The highest BCUT2D eigenvalue weighted by atomic mass is 16.5. The van der Waals surface area contributed by atoms with Crippen LogP contribution in [0.3, 0.4) is 0 Å². The Bertz CT molecular complexity index is 556. The van der Waals surface area contributed by atoms with Crippen molar-refractivity contribution in [3.05, 3.63) is 29.3 Å². The van der Waals surface area contributed by atoms with Crippen LogP contribution in [-0.2, 0) is 22.4 Å². The standard InChI is InChI=1S/C15H18N2O3/c1-10-15(19)16-9-14(18)17(10)6-4-11-2-3-13-12(8-11)5-7-20-13/h2-3,8,10H,4-7,9H2,1H3,(H,16,19). The molecule has 1 unspecified atom stereocenters. The van der Waals surface area contributed by atoms with Gasteiger partial charge in [-0.1, -0.05) is 12.1 Å². The summed E-state index contributed by atoms with van der Waals surface area (Å²) in [4.78, 5) is 25.1. The third-order valence-electron chi connectivity index (χ3n) is 3.98. The summed E-state index contributed by atoms with van der Waals surface area (Å²) in [5.74, 6) is 0.879. The van der Waals surface area contributed by atoms with Gasteiger partial charge in [0.15, 0.2) is 0 Å². The van der Waals surface area contributed by atoms with Crippen molar-refractivity contribution >= 4 is 11.8 Å². The first-order chi connectivity index (χ1) is 9.65. The number of rotatable bonds is 3. The molecule has 3 rings (SSSR count). The molecular formula is C15H18N2O3. The number of ether oxygens (including phenoxy) is 1. The zero-order valence-electron chi connectivity index (χ0n) is 11.5. The second-order valence-electron chi connectivity index (χ2n) is 5.27. The molecule has 1 aromatic rings. The average Bonchev–Trinajstić information content (AvgIpc) is 2.90. The van der Waals surface area contributed by atoms with E-state index >= 15 is 0 Å². The van der Waals surface area contributed by atoms with Gasteiger partial charge in [0.05, 0.1) is 13.2 Å². The second-order valence-corrected chi connectivity index (χ2v) is 5.27. The Labute approximate surface area is 117 Å². The van der Waals surface area contributed by atoms with E-state index in [1.807, 2.05) is 12.1 Å². The Balaban J connectivity index is 1.66. The number of nitrogens with zero attached hydrogens (tertiary/aromatic N) is 1. The van der Waals surface area contributed by atoms with E-state index in [-0.39, 0.29) is 24.4 Å². The highest BCUT2D eigenvalue weighted by Gasteiger charge is 2.30. The third-order valence-corrected chi connectivity index (χ3v) is 3.98. The predicted octanol–water partition coefficient (Wildman–Crippen LogP) is 0.511. The zero-order chi connectivity index (χ0) is 14.1. The van der Waals surface area contributed by atoms with Gasteiger partial charge in [-0.15, -0.1) is 0 Å². The van der Waals surface area contributed by atoms with Gasteiger partial charge in [0, 0.05) is 13.0 Å². The minimum Gasteiger partial charge on any atom is -0.493 e. The quantitative estimate of drug-likeness (QED) is 0.874. The van der Waals surface area contributed by atoms with E-state index in [2.05, 4.69) is 11.4 Å². The van der Waals surface area contributed by atoms with Crippen LogP contribution < -0.4 is 10.1 Å². The number of benzene rings is 1. The number of piperazine rings is 1. The van der Waals surface area contributed by atoms with Gasteiger partial charge in [-0.25, -0.2) is 0 Å². The fourth-order valence-electron chi connectivity index (χ4n) is 2.73. The molecule has 106 valence electrons. The first kappa shape index (κ1) is 13.0. The van der Waals surface area contributed by atoms with Crippen LogP contribution >= 0.6 is 0 Å². The highest BCUT2D eigenvalue weighted by Crippen LogP contribution is 2.26. The number of hydrogen-bond donors (Lipinski definition) is 1. The topological polar surface area (TPSA) is 58.6 Å². The molecule has 1 N–H and O–H groups in total. The Morgan fingerprint density at radius 3 is 3.10 bits per heavy atom. The first-order valence-corrected chi connectivity index (χ1v) is 6.97. The zero-order valence-corrected chi connectivity index (χ0v) is 11.5. The number of carbonyl (C=O) groups excluding carboxylic acids is 2. The number of amides is 2. The summed E-state index contributed by atoms with van der Waals surface area (Å²) in [6, 6.07) is 5.78. The van der Waals surface area contributed by atoms with Gasteiger partial charge in [0.2, 0.25) is 11.8 Å². The van der Waals surface area contributed by atoms with E-state index in [1.54, 1.807) is 11.8 Å². The van der Waals surface area contributed by atoms with Crippen LogP contribution in [0.5, 0.6) is 5.75 Å². The molecular weight excluding hydrogens is 256 g/mol. The summed E-state index contributed by atoms with van der Waals surface area (Å²) < 4.78 is 5.48. The molecule has 2 aliphatic rings. The van der Waals surface area contributed by atoms with Gasteiger partial charge in [0.25, 0.3) is 0 Å². The summed E-state index contributed by atoms with van der Waals surface area (Å²) in [5.41, 5.74) is 2.42. The lowest BCUT2D eigenvalue weighted by molar-refractivity contribution is -0.144. The average molecular weight is 274 g/mol. The van der Waals surface area contributed by atoms with Crippen molar-refractivity contribution in [2.45, 2.75) is 25.8 Å². The summed E-state index contributed by atoms with van der Waals surface area (Å²) in [5, 5.41) is 2.60. The molecule has 2 amide bonds. The van der Waals surface area contributed by atoms with Crippen molar-refractivity contribution in [1.82, 2.24) is 10.2 Å². The van der Waals surface area contributed by atoms with E-state index in [1.165, 1.54) is 11.1 Å². The van der Waals surface area contributed by atoms with E-state index in [9.17, 15) is 9.59 Å². The Kier molecular flexibility index (Phi) is 3.34. The summed E-state index contributed by atoms with van der Waals surface area (Å²) in [7, 11) is 0. The fraction of sp³-hybridized carbons (Fsp3) is 0.467. The summed E-state index contributed by atoms with van der Waals surface area (Å²) in [6.07, 6.45) is 1.71. The highest BCUT2D eigenvalue weighted by molar-refractivity contribution is 5.94. The maximum atomic E-state index is 11.8. The van der Waals surface area contributed by atoms with Gasteiger partial charge in [0.1, 0.15) is 11.8 Å². The Morgan fingerprint density at radius 1 is 1.40 bits per heavy atom. The number of nitrogens with one attached hydrogen (secondary N) is 1. The molecule has 1 saturated heterocycles. The molecule has 5 heteroatoms. The largest absolute Gasteiger partial charge is 0.493 e. The SMILES string of the molecule is CC1C(=O)NCC(=O)N1CCc1ccc2c(c1)CCO2. The van der Waals surface area contributed by atoms with E-state index < -0.39 is 0 Å². The maximum absolute atomic E-state index is 11.8. The molecule has 2 aliphatic heterocycles. The smallest absolute Gasteiger partial charge is 0.242 e. The van der Waals surface area contributed by atoms with E-state index in [4.69, 9.17) is 4.74 Å². The molecule has 1 fully saturated rings. The first-order valence-electron chi connectivity index (χ1n) is 6.97. The Hall–Kier alpha value is -2.04. The third kappa shape index (κ3) is 2.35. The maximum Gasteiger partial charge on any atom is 0.242 e. The monoisotopic (exact) mass is 274 g/mol. The molecule has 20 heavy (non-hydrogen) atoms. The molecule has 2 heterocycles. The molecule has 5 nitrogen and oxygen atoms in total. The Morgan fingerprint density at radius 2 is 2.25 bits per heavy atom. The number of hydrogen-bond acceptors (Lipinski definition) is 3.